The molecule has 22 heavy (non-hydrogen) atoms. The number of halogens is 1. The molecule has 0 saturated carbocycles. The summed E-state index contributed by atoms with van der Waals surface area (Å²) >= 11 is 7.19. The van der Waals surface area contributed by atoms with Crippen LogP contribution >= 0.6 is 23.4 Å². The Hall–Kier alpha value is -1.98. The van der Waals surface area contributed by atoms with Gasteiger partial charge in [0, 0.05) is 14.8 Å². The number of hydrogen-bond donors (Lipinski definition) is 1. The molecule has 0 amide bonds. The normalized spacial score (nSPS) is 10.3. The van der Waals surface area contributed by atoms with Crippen molar-refractivity contribution in [2.45, 2.75) is 16.7 Å². The molecule has 114 valence electrons. The van der Waals surface area contributed by atoms with Gasteiger partial charge in [-0.25, -0.2) is 9.59 Å². The number of carboxylic acids is 1. The van der Waals surface area contributed by atoms with E-state index < -0.39 is 11.9 Å². The third kappa shape index (κ3) is 4.02. The van der Waals surface area contributed by atoms with Gasteiger partial charge in [-0.05, 0) is 49.4 Å². The summed E-state index contributed by atoms with van der Waals surface area (Å²) in [5.41, 5.74) is 0.283. The Kier molecular flexibility index (Phi) is 5.46. The Labute approximate surface area is 137 Å². The van der Waals surface area contributed by atoms with Crippen LogP contribution in [-0.4, -0.2) is 23.7 Å². The molecule has 4 nitrogen and oxygen atoms in total. The van der Waals surface area contributed by atoms with Gasteiger partial charge in [-0.3, -0.25) is 0 Å². The number of aromatic carboxylic acids is 1. The van der Waals surface area contributed by atoms with E-state index in [0.717, 1.165) is 4.90 Å². The second-order valence-corrected chi connectivity index (χ2v) is 5.84. The number of ether oxygens (including phenoxy) is 1. The third-order valence-corrected chi connectivity index (χ3v) is 4.10. The molecule has 0 aliphatic carbocycles. The van der Waals surface area contributed by atoms with E-state index in [1.165, 1.54) is 23.9 Å². The molecule has 0 radical (unpaired) electrons. The number of carbonyl (C=O) groups excluding carboxylic acids is 1. The number of rotatable bonds is 5. The SMILES string of the molecule is CCOC(=O)c1cc(C(=O)O)ccc1Sc1ccc(Cl)cc1. The molecule has 0 saturated heterocycles. The molecule has 0 aliphatic heterocycles. The summed E-state index contributed by atoms with van der Waals surface area (Å²) in [7, 11) is 0. The molecule has 0 spiro atoms. The minimum absolute atomic E-state index is 0.0449. The van der Waals surface area contributed by atoms with Crippen LogP contribution in [0.3, 0.4) is 0 Å². The highest BCUT2D eigenvalue weighted by Gasteiger charge is 2.16. The largest absolute Gasteiger partial charge is 0.478 e. The summed E-state index contributed by atoms with van der Waals surface area (Å²) in [6.45, 7) is 1.92. The lowest BCUT2D eigenvalue weighted by Crippen LogP contribution is -2.08. The second kappa shape index (κ2) is 7.33. The van der Waals surface area contributed by atoms with Gasteiger partial charge in [-0.1, -0.05) is 23.4 Å². The fourth-order valence-corrected chi connectivity index (χ4v) is 2.79. The van der Waals surface area contributed by atoms with Crippen LogP contribution in [0, 0.1) is 0 Å². The number of hydrogen-bond acceptors (Lipinski definition) is 4. The van der Waals surface area contributed by atoms with Gasteiger partial charge in [-0.15, -0.1) is 0 Å². The molecule has 6 heteroatoms. The number of benzene rings is 2. The summed E-state index contributed by atoms with van der Waals surface area (Å²) in [5, 5.41) is 9.68. The summed E-state index contributed by atoms with van der Waals surface area (Å²) in [4.78, 5) is 24.6. The highest BCUT2D eigenvalue weighted by atomic mass is 35.5. The number of esters is 1. The van der Waals surface area contributed by atoms with Gasteiger partial charge in [0.15, 0.2) is 0 Å². The molecule has 0 bridgehead atoms. The maximum absolute atomic E-state index is 12.0. The second-order valence-electron chi connectivity index (χ2n) is 4.29. The van der Waals surface area contributed by atoms with E-state index in [2.05, 4.69) is 0 Å². The van der Waals surface area contributed by atoms with Crippen molar-refractivity contribution in [3.8, 4) is 0 Å². The van der Waals surface area contributed by atoms with Crippen molar-refractivity contribution in [1.82, 2.24) is 0 Å². The molecule has 1 N–H and O–H groups in total. The maximum atomic E-state index is 12.0. The van der Waals surface area contributed by atoms with E-state index in [-0.39, 0.29) is 17.7 Å². The molecule has 0 atom stereocenters. The molecule has 2 rings (SSSR count). The minimum Gasteiger partial charge on any atom is -0.478 e. The van der Waals surface area contributed by atoms with Crippen molar-refractivity contribution in [1.29, 1.82) is 0 Å². The van der Waals surface area contributed by atoms with Crippen molar-refractivity contribution in [3.05, 3.63) is 58.6 Å². The van der Waals surface area contributed by atoms with Gasteiger partial charge in [0.1, 0.15) is 0 Å². The Morgan fingerprint density at radius 3 is 2.45 bits per heavy atom. The van der Waals surface area contributed by atoms with E-state index in [0.29, 0.717) is 9.92 Å². The molecule has 0 aromatic heterocycles. The summed E-state index contributed by atoms with van der Waals surface area (Å²) in [6.07, 6.45) is 0. The topological polar surface area (TPSA) is 63.6 Å². The zero-order chi connectivity index (χ0) is 16.1. The van der Waals surface area contributed by atoms with Crippen molar-refractivity contribution in [2.24, 2.45) is 0 Å². The maximum Gasteiger partial charge on any atom is 0.339 e. The predicted molar refractivity (Wildman–Crippen MR) is 84.9 cm³/mol. The van der Waals surface area contributed by atoms with Crippen molar-refractivity contribution >= 4 is 35.3 Å². The van der Waals surface area contributed by atoms with Gasteiger partial charge >= 0.3 is 11.9 Å². The van der Waals surface area contributed by atoms with Crippen molar-refractivity contribution < 1.29 is 19.4 Å². The van der Waals surface area contributed by atoms with E-state index >= 15 is 0 Å². The van der Waals surface area contributed by atoms with E-state index in [9.17, 15) is 9.59 Å². The van der Waals surface area contributed by atoms with Gasteiger partial charge < -0.3 is 9.84 Å². The van der Waals surface area contributed by atoms with Gasteiger partial charge in [0.2, 0.25) is 0 Å². The Morgan fingerprint density at radius 2 is 1.86 bits per heavy atom. The Balaban J connectivity index is 2.38. The molecule has 0 heterocycles. The third-order valence-electron chi connectivity index (χ3n) is 2.76. The van der Waals surface area contributed by atoms with Gasteiger partial charge in [-0.2, -0.15) is 0 Å². The first-order valence-corrected chi connectivity index (χ1v) is 7.68. The fourth-order valence-electron chi connectivity index (χ4n) is 1.75. The number of carbonyl (C=O) groups is 2. The average molecular weight is 337 g/mol. The summed E-state index contributed by atoms with van der Waals surface area (Å²) in [5.74, 6) is -1.63. The highest BCUT2D eigenvalue weighted by Crippen LogP contribution is 2.32. The van der Waals surface area contributed by atoms with Crippen LogP contribution in [0.4, 0.5) is 0 Å². The molecule has 2 aromatic carbocycles. The predicted octanol–water partition coefficient (Wildman–Crippen LogP) is 4.37. The Morgan fingerprint density at radius 1 is 1.18 bits per heavy atom. The van der Waals surface area contributed by atoms with Crippen LogP contribution in [-0.2, 0) is 4.74 Å². The molecule has 0 fully saturated rings. The molecule has 0 unspecified atom stereocenters. The highest BCUT2D eigenvalue weighted by molar-refractivity contribution is 7.99. The standard InChI is InChI=1S/C16H13ClO4S/c1-2-21-16(20)13-9-10(15(18)19)3-8-14(13)22-12-6-4-11(17)5-7-12/h3-9H,2H2,1H3,(H,18,19). The van der Waals surface area contributed by atoms with Gasteiger partial charge in [0.25, 0.3) is 0 Å². The van der Waals surface area contributed by atoms with Crippen LogP contribution in [0.5, 0.6) is 0 Å². The van der Waals surface area contributed by atoms with Crippen LogP contribution in [0.25, 0.3) is 0 Å². The van der Waals surface area contributed by atoms with E-state index in [1.54, 1.807) is 25.1 Å². The van der Waals surface area contributed by atoms with E-state index in [4.69, 9.17) is 21.4 Å². The molecular formula is C16H13ClO4S. The van der Waals surface area contributed by atoms with Gasteiger partial charge in [0.05, 0.1) is 17.7 Å². The van der Waals surface area contributed by atoms with Crippen LogP contribution in [0.2, 0.25) is 5.02 Å². The van der Waals surface area contributed by atoms with Crippen LogP contribution in [0.15, 0.2) is 52.3 Å². The monoisotopic (exact) mass is 336 g/mol. The fraction of sp³-hybridized carbons (Fsp3) is 0.125. The first kappa shape index (κ1) is 16.4. The summed E-state index contributed by atoms with van der Waals surface area (Å²) < 4.78 is 4.99. The van der Waals surface area contributed by atoms with Crippen LogP contribution in [0.1, 0.15) is 27.6 Å². The molecule has 0 aliphatic rings. The van der Waals surface area contributed by atoms with Crippen molar-refractivity contribution in [2.75, 3.05) is 6.61 Å². The van der Waals surface area contributed by atoms with Crippen molar-refractivity contribution in [3.63, 3.8) is 0 Å². The smallest absolute Gasteiger partial charge is 0.339 e. The lowest BCUT2D eigenvalue weighted by atomic mass is 10.1. The zero-order valence-corrected chi connectivity index (χ0v) is 13.3. The van der Waals surface area contributed by atoms with Crippen LogP contribution < -0.4 is 0 Å². The number of carboxylic acid groups (broad SMARTS) is 1. The lowest BCUT2D eigenvalue weighted by molar-refractivity contribution is 0.0522. The average Bonchev–Trinajstić information content (AvgIpc) is 2.50. The lowest BCUT2D eigenvalue weighted by Gasteiger charge is -2.09. The minimum atomic E-state index is -1.09. The summed E-state index contributed by atoms with van der Waals surface area (Å²) in [6, 6.07) is 11.6. The molecule has 2 aromatic rings. The quantitative estimate of drug-likeness (QED) is 0.821. The first-order chi connectivity index (χ1) is 10.5. The zero-order valence-electron chi connectivity index (χ0n) is 11.7. The molecular weight excluding hydrogens is 324 g/mol. The Bertz CT molecular complexity index is 698. The van der Waals surface area contributed by atoms with E-state index in [1.807, 2.05) is 12.1 Å². The first-order valence-electron chi connectivity index (χ1n) is 6.49.